The molecule has 1 rings (SSSR count). The van der Waals surface area contributed by atoms with E-state index in [4.69, 9.17) is 10.0 Å². The van der Waals surface area contributed by atoms with Crippen LogP contribution >= 0.6 is 12.9 Å². The van der Waals surface area contributed by atoms with Crippen molar-refractivity contribution in [1.29, 1.82) is 0 Å². The van der Waals surface area contributed by atoms with Crippen molar-refractivity contribution in [1.82, 2.24) is 0 Å². The monoisotopic (exact) mass is 271 g/mol. The Bertz CT molecular complexity index is 402. The average molecular weight is 271 g/mol. The van der Waals surface area contributed by atoms with Crippen LogP contribution in [0.2, 0.25) is 0 Å². The summed E-state index contributed by atoms with van der Waals surface area (Å²) >= 11 is 3.32. The van der Waals surface area contributed by atoms with Gasteiger partial charge in [0.15, 0.2) is 0 Å². The maximum atomic E-state index is 9.07. The summed E-state index contributed by atoms with van der Waals surface area (Å²) in [5.74, 6) is 0. The smallest absolute Gasteiger partial charge is 0.423 e. The number of thiol groups is 1. The first-order valence-electron chi connectivity index (χ1n) is 5.32. The van der Waals surface area contributed by atoms with Crippen LogP contribution in [0.15, 0.2) is 29.4 Å². The summed E-state index contributed by atoms with van der Waals surface area (Å²) in [6, 6.07) is 6.91. The minimum absolute atomic E-state index is 0.429. The molecule has 1 aromatic carbocycles. The lowest BCUT2D eigenvalue weighted by molar-refractivity contribution is -0.460. The van der Waals surface area contributed by atoms with Gasteiger partial charge in [0.05, 0.1) is 5.71 Å². The maximum Gasteiger partial charge on any atom is 0.488 e. The van der Waals surface area contributed by atoms with Gasteiger partial charge in [-0.3, -0.25) is 0 Å². The van der Waals surface area contributed by atoms with Crippen LogP contribution in [0.25, 0.3) is 0 Å². The van der Waals surface area contributed by atoms with E-state index in [1.807, 2.05) is 13.0 Å². The van der Waals surface area contributed by atoms with Gasteiger partial charge in [0.2, 0.25) is 0 Å². The molecule has 8 heteroatoms. The van der Waals surface area contributed by atoms with E-state index in [9.17, 15) is 0 Å². The van der Waals surface area contributed by atoms with Crippen LogP contribution in [0.4, 0.5) is 0 Å². The fourth-order valence-electron chi connectivity index (χ4n) is 1.40. The van der Waals surface area contributed by atoms with Crippen molar-refractivity contribution in [2.75, 3.05) is 0 Å². The number of hydrogen-bond donors (Lipinski definition) is 3. The molecule has 0 radical (unpaired) electrons. The molecule has 2 N–H and O–H groups in total. The first kappa shape index (κ1) is 15.0. The van der Waals surface area contributed by atoms with Gasteiger partial charge in [-0.25, -0.2) is 0 Å². The van der Waals surface area contributed by atoms with Gasteiger partial charge in [0.25, 0.3) is 0 Å². The number of benzene rings is 1. The van der Waals surface area contributed by atoms with Crippen molar-refractivity contribution < 1.29 is 24.4 Å². The molecule has 98 valence electrons. The minimum atomic E-state index is -1.48. The molecule has 0 aliphatic heterocycles. The Balaban J connectivity index is 2.69. The van der Waals surface area contributed by atoms with E-state index in [0.717, 1.165) is 5.56 Å². The minimum Gasteiger partial charge on any atom is -0.423 e. The van der Waals surface area contributed by atoms with Crippen LogP contribution < -0.4 is 5.46 Å². The summed E-state index contributed by atoms with van der Waals surface area (Å²) in [5.41, 5.74) is 2.03. The Labute approximate surface area is 111 Å². The van der Waals surface area contributed by atoms with Crippen LogP contribution in [0.3, 0.4) is 0 Å². The number of oxime groups is 1. The molecule has 0 saturated heterocycles. The largest absolute Gasteiger partial charge is 0.488 e. The third-order valence-electron chi connectivity index (χ3n) is 2.29. The Morgan fingerprint density at radius 2 is 2.22 bits per heavy atom. The molecule has 0 bridgehead atoms. The molecule has 1 aromatic rings. The molecule has 0 unspecified atom stereocenters. The van der Waals surface area contributed by atoms with Gasteiger partial charge >= 0.3 is 7.12 Å². The number of nitrogens with zero attached hydrogens (tertiary/aromatic N) is 1. The molecular weight excluding hydrogens is 257 g/mol. The third-order valence-corrected chi connectivity index (χ3v) is 2.35. The number of rotatable bonds is 7. The highest BCUT2D eigenvalue weighted by molar-refractivity contribution is 7.74. The van der Waals surface area contributed by atoms with Gasteiger partial charge in [-0.15, -0.1) is 4.33 Å². The third kappa shape index (κ3) is 5.07. The Morgan fingerprint density at radius 3 is 2.83 bits per heavy atom. The van der Waals surface area contributed by atoms with Crippen LogP contribution in [0.5, 0.6) is 0 Å². The van der Waals surface area contributed by atoms with Crippen LogP contribution in [-0.2, 0) is 20.8 Å². The Morgan fingerprint density at radius 1 is 1.44 bits per heavy atom. The molecule has 0 aromatic heterocycles. The molecule has 6 nitrogen and oxygen atoms in total. The fourth-order valence-corrected chi connectivity index (χ4v) is 1.43. The van der Waals surface area contributed by atoms with Crippen LogP contribution in [0, 0.1) is 0 Å². The standard InChI is InChI=1S/C10H14BNO5S/c1-2-10(12-15-16-17-18)7-8-4-3-5-9(6-8)11(13)14/h3-6,13-14,18H,2,7H2,1H3/b12-10+. The number of hydrogen-bond acceptors (Lipinski definition) is 7. The molecule has 0 saturated carbocycles. The van der Waals surface area contributed by atoms with E-state index in [1.54, 1.807) is 18.2 Å². The summed E-state index contributed by atoms with van der Waals surface area (Å²) in [6.45, 7) is 1.91. The van der Waals surface area contributed by atoms with Crippen molar-refractivity contribution >= 4 is 31.2 Å². The van der Waals surface area contributed by atoms with Gasteiger partial charge in [-0.2, -0.15) is 4.99 Å². The van der Waals surface area contributed by atoms with Gasteiger partial charge in [-0.1, -0.05) is 36.3 Å². The van der Waals surface area contributed by atoms with E-state index in [1.165, 1.54) is 0 Å². The first-order valence-corrected chi connectivity index (χ1v) is 5.68. The lowest BCUT2D eigenvalue weighted by atomic mass is 9.79. The summed E-state index contributed by atoms with van der Waals surface area (Å²) in [6.07, 6.45) is 1.16. The highest BCUT2D eigenvalue weighted by Gasteiger charge is 2.11. The molecule has 0 aliphatic carbocycles. The van der Waals surface area contributed by atoms with Crippen molar-refractivity contribution in [2.24, 2.45) is 5.16 Å². The normalized spacial score (nSPS) is 11.4. The van der Waals surface area contributed by atoms with E-state index in [-0.39, 0.29) is 0 Å². The lowest BCUT2D eigenvalue weighted by Gasteiger charge is -2.05. The quantitative estimate of drug-likeness (QED) is 0.127. The van der Waals surface area contributed by atoms with Crippen molar-refractivity contribution in [3.63, 3.8) is 0 Å². The van der Waals surface area contributed by atoms with E-state index >= 15 is 0 Å². The Hall–Kier alpha value is -1.06. The zero-order valence-corrected chi connectivity index (χ0v) is 10.7. The predicted molar refractivity (Wildman–Crippen MR) is 69.9 cm³/mol. The van der Waals surface area contributed by atoms with Crippen molar-refractivity contribution in [2.45, 2.75) is 19.8 Å². The maximum absolute atomic E-state index is 9.07. The van der Waals surface area contributed by atoms with E-state index < -0.39 is 7.12 Å². The average Bonchev–Trinajstić information content (AvgIpc) is 2.38. The fraction of sp³-hybridized carbons (Fsp3) is 0.300. The highest BCUT2D eigenvalue weighted by Crippen LogP contribution is 2.03. The summed E-state index contributed by atoms with van der Waals surface area (Å²) < 4.78 is 3.94. The predicted octanol–water partition coefficient (Wildman–Crippen LogP) is 0.399. The zero-order valence-electron chi connectivity index (χ0n) is 9.81. The van der Waals surface area contributed by atoms with Crippen LogP contribution in [0.1, 0.15) is 18.9 Å². The zero-order chi connectivity index (χ0) is 13.4. The first-order chi connectivity index (χ1) is 8.67. The van der Waals surface area contributed by atoms with Gasteiger partial charge in [0.1, 0.15) is 0 Å². The summed E-state index contributed by atoms with van der Waals surface area (Å²) in [7, 11) is -1.48. The lowest BCUT2D eigenvalue weighted by Crippen LogP contribution is -2.30. The van der Waals surface area contributed by atoms with E-state index in [2.05, 4.69) is 32.4 Å². The summed E-state index contributed by atoms with van der Waals surface area (Å²) in [5, 5.41) is 25.9. The van der Waals surface area contributed by atoms with Crippen LogP contribution in [-0.4, -0.2) is 22.9 Å². The van der Waals surface area contributed by atoms with Crippen molar-refractivity contribution in [3.05, 3.63) is 29.8 Å². The highest BCUT2D eigenvalue weighted by atomic mass is 32.1. The van der Waals surface area contributed by atoms with Gasteiger partial charge in [-0.05, 0) is 17.4 Å². The van der Waals surface area contributed by atoms with Gasteiger partial charge in [0, 0.05) is 24.4 Å². The summed E-state index contributed by atoms with van der Waals surface area (Å²) in [4.78, 5) is 4.38. The van der Waals surface area contributed by atoms with E-state index in [0.29, 0.717) is 24.0 Å². The molecule has 0 fully saturated rings. The molecule has 0 atom stereocenters. The Kier molecular flexibility index (Phi) is 6.77. The molecule has 0 spiro atoms. The molecule has 18 heavy (non-hydrogen) atoms. The van der Waals surface area contributed by atoms with Gasteiger partial charge < -0.3 is 10.0 Å². The molecular formula is C10H14BNO5S. The molecule has 0 aliphatic rings. The second kappa shape index (κ2) is 8.12. The molecule has 0 amide bonds. The van der Waals surface area contributed by atoms with Crippen molar-refractivity contribution in [3.8, 4) is 0 Å². The topological polar surface area (TPSA) is 80.5 Å². The second-order valence-electron chi connectivity index (χ2n) is 3.52. The molecule has 0 heterocycles. The second-order valence-corrected chi connectivity index (χ2v) is 3.67. The SMILES string of the molecule is CC/C(Cc1cccc(B(O)O)c1)=N\OOOS.